The van der Waals surface area contributed by atoms with E-state index in [9.17, 15) is 14.7 Å². The Morgan fingerprint density at radius 2 is 1.61 bits per heavy atom. The first kappa shape index (κ1) is 25.8. The van der Waals surface area contributed by atoms with E-state index in [1.54, 1.807) is 32.0 Å². The topological polar surface area (TPSA) is 115 Å². The van der Waals surface area contributed by atoms with Gasteiger partial charge in [-0.3, -0.25) is 4.79 Å². The van der Waals surface area contributed by atoms with Crippen LogP contribution in [0.4, 0.5) is 4.79 Å². The van der Waals surface area contributed by atoms with Crippen LogP contribution in [-0.2, 0) is 16.1 Å². The zero-order valence-corrected chi connectivity index (χ0v) is 19.4. The first-order chi connectivity index (χ1) is 15.8. The summed E-state index contributed by atoms with van der Waals surface area (Å²) in [5.74, 6) is 0.652. The van der Waals surface area contributed by atoms with Crippen molar-refractivity contribution in [1.82, 2.24) is 10.6 Å². The van der Waals surface area contributed by atoms with Gasteiger partial charge in [0.15, 0.2) is 11.5 Å². The highest BCUT2D eigenvalue weighted by atomic mass is 16.6. The van der Waals surface area contributed by atoms with Gasteiger partial charge in [0.2, 0.25) is 11.7 Å². The zero-order chi connectivity index (χ0) is 24.2. The van der Waals surface area contributed by atoms with Gasteiger partial charge in [0.25, 0.3) is 0 Å². The van der Waals surface area contributed by atoms with E-state index in [4.69, 9.17) is 18.9 Å². The van der Waals surface area contributed by atoms with E-state index in [-0.39, 0.29) is 25.7 Å². The van der Waals surface area contributed by atoms with Gasteiger partial charge in [-0.15, -0.1) is 0 Å². The second-order valence-corrected chi connectivity index (χ2v) is 7.63. The lowest BCUT2D eigenvalue weighted by Gasteiger charge is -2.22. The molecule has 0 aliphatic heterocycles. The molecule has 0 saturated carbocycles. The molecule has 9 heteroatoms. The number of carbonyl (C=O) groups is 2. The van der Waals surface area contributed by atoms with Crippen LogP contribution in [0.5, 0.6) is 17.2 Å². The molecule has 0 bridgehead atoms. The Labute approximate surface area is 194 Å². The maximum Gasteiger partial charge on any atom is 0.408 e. The molecule has 0 radical (unpaired) electrons. The van der Waals surface area contributed by atoms with Crippen molar-refractivity contribution in [2.75, 3.05) is 27.4 Å². The van der Waals surface area contributed by atoms with Crippen molar-refractivity contribution in [3.8, 4) is 17.2 Å². The molecule has 2 rings (SSSR count). The van der Waals surface area contributed by atoms with E-state index >= 15 is 0 Å². The molecule has 0 aromatic heterocycles. The predicted molar refractivity (Wildman–Crippen MR) is 122 cm³/mol. The number of alkyl carbamates (subject to hydrolysis) is 1. The van der Waals surface area contributed by atoms with Crippen LogP contribution in [0.15, 0.2) is 48.5 Å². The number of para-hydroxylation sites is 1. The summed E-state index contributed by atoms with van der Waals surface area (Å²) in [6.45, 7) is 3.53. The molecule has 0 aliphatic carbocycles. The molecule has 2 aromatic rings. The Bertz CT molecular complexity index is 867. The number of methoxy groups -OCH3 is 2. The Kier molecular flexibility index (Phi) is 10.3. The van der Waals surface area contributed by atoms with Gasteiger partial charge >= 0.3 is 6.09 Å². The van der Waals surface area contributed by atoms with Crippen molar-refractivity contribution in [2.45, 2.75) is 32.6 Å². The largest absolute Gasteiger partial charge is 0.493 e. The molecular weight excluding hydrogens is 428 g/mol. The number of rotatable bonds is 12. The number of nitrogens with one attached hydrogen (secondary N) is 2. The summed E-state index contributed by atoms with van der Waals surface area (Å²) < 4.78 is 21.3. The van der Waals surface area contributed by atoms with Crippen molar-refractivity contribution in [2.24, 2.45) is 5.92 Å². The number of ether oxygens (including phenoxy) is 4. The summed E-state index contributed by atoms with van der Waals surface area (Å²) >= 11 is 0. The molecule has 33 heavy (non-hydrogen) atoms. The molecule has 0 heterocycles. The van der Waals surface area contributed by atoms with E-state index in [0.717, 1.165) is 5.56 Å². The van der Waals surface area contributed by atoms with Gasteiger partial charge in [0.05, 0.1) is 14.2 Å². The van der Waals surface area contributed by atoms with Gasteiger partial charge in [-0.1, -0.05) is 50.2 Å². The summed E-state index contributed by atoms with van der Waals surface area (Å²) in [4.78, 5) is 24.7. The smallest absolute Gasteiger partial charge is 0.408 e. The summed E-state index contributed by atoms with van der Waals surface area (Å²) in [6.07, 6.45) is -1.69. The van der Waals surface area contributed by atoms with Crippen LogP contribution in [0, 0.1) is 5.92 Å². The molecular formula is C24H32N2O7. The van der Waals surface area contributed by atoms with Crippen molar-refractivity contribution in [3.63, 3.8) is 0 Å². The van der Waals surface area contributed by atoms with E-state index < -0.39 is 24.1 Å². The number of aliphatic hydroxyl groups is 1. The average molecular weight is 461 g/mol. The van der Waals surface area contributed by atoms with Gasteiger partial charge in [0.1, 0.15) is 25.4 Å². The second-order valence-electron chi connectivity index (χ2n) is 7.63. The number of hydrogen-bond donors (Lipinski definition) is 3. The standard InChI is InChI=1S/C24H32N2O7/c1-16(2)21(26-24(29)33-14-17-9-6-5-7-10-17)23(28)25-13-18(27)15-32-22-19(30-3)11-8-12-20(22)31-4/h5-12,16,18,21,27H,13-15H2,1-4H3,(H,25,28)(H,26,29)/t18?,21-/m0/s1. The maximum absolute atomic E-state index is 12.6. The highest BCUT2D eigenvalue weighted by Gasteiger charge is 2.25. The van der Waals surface area contributed by atoms with Crippen molar-refractivity contribution < 1.29 is 33.6 Å². The molecule has 9 nitrogen and oxygen atoms in total. The number of hydrogen-bond acceptors (Lipinski definition) is 7. The zero-order valence-electron chi connectivity index (χ0n) is 19.4. The second kappa shape index (κ2) is 13.2. The highest BCUT2D eigenvalue weighted by molar-refractivity contribution is 5.85. The minimum absolute atomic E-state index is 0.0692. The lowest BCUT2D eigenvalue weighted by atomic mass is 10.0. The molecule has 2 atom stereocenters. The van der Waals surface area contributed by atoms with E-state index in [1.165, 1.54) is 14.2 Å². The van der Waals surface area contributed by atoms with Gasteiger partial charge in [-0.05, 0) is 23.6 Å². The lowest BCUT2D eigenvalue weighted by Crippen LogP contribution is -2.51. The number of carbonyl (C=O) groups excluding carboxylic acids is 2. The third kappa shape index (κ3) is 8.19. The Morgan fingerprint density at radius 3 is 2.18 bits per heavy atom. The number of aliphatic hydroxyl groups excluding tert-OH is 1. The minimum Gasteiger partial charge on any atom is -0.493 e. The monoisotopic (exact) mass is 460 g/mol. The van der Waals surface area contributed by atoms with Gasteiger partial charge < -0.3 is 34.7 Å². The quantitative estimate of drug-likeness (QED) is 0.446. The molecule has 0 aliphatic rings. The van der Waals surface area contributed by atoms with Crippen LogP contribution in [0.3, 0.4) is 0 Å². The molecule has 1 unspecified atom stereocenters. The summed E-state index contributed by atoms with van der Waals surface area (Å²) in [6, 6.07) is 13.6. The van der Waals surface area contributed by atoms with Crippen LogP contribution >= 0.6 is 0 Å². The fourth-order valence-electron chi connectivity index (χ4n) is 2.95. The molecule has 2 amide bonds. The molecule has 0 saturated heterocycles. The Hall–Kier alpha value is -3.46. The number of benzene rings is 2. The Morgan fingerprint density at radius 1 is 0.970 bits per heavy atom. The SMILES string of the molecule is COc1cccc(OC)c1OCC(O)CNC(=O)[C@@H](NC(=O)OCc1ccccc1)C(C)C. The third-order valence-electron chi connectivity index (χ3n) is 4.75. The van der Waals surface area contributed by atoms with Gasteiger partial charge in [0, 0.05) is 6.54 Å². The summed E-state index contributed by atoms with van der Waals surface area (Å²) in [7, 11) is 3.00. The first-order valence-corrected chi connectivity index (χ1v) is 10.6. The van der Waals surface area contributed by atoms with Crippen LogP contribution in [0.25, 0.3) is 0 Å². The lowest BCUT2D eigenvalue weighted by molar-refractivity contribution is -0.124. The summed E-state index contributed by atoms with van der Waals surface area (Å²) in [5, 5.41) is 15.5. The molecule has 0 spiro atoms. The average Bonchev–Trinajstić information content (AvgIpc) is 2.83. The van der Waals surface area contributed by atoms with Gasteiger partial charge in [-0.2, -0.15) is 0 Å². The maximum atomic E-state index is 12.6. The van der Waals surface area contributed by atoms with Crippen molar-refractivity contribution >= 4 is 12.0 Å². The van der Waals surface area contributed by atoms with Crippen molar-refractivity contribution in [3.05, 3.63) is 54.1 Å². The van der Waals surface area contributed by atoms with E-state index in [0.29, 0.717) is 17.2 Å². The van der Waals surface area contributed by atoms with E-state index in [2.05, 4.69) is 10.6 Å². The van der Waals surface area contributed by atoms with Crippen LogP contribution in [0.1, 0.15) is 19.4 Å². The van der Waals surface area contributed by atoms with Crippen LogP contribution in [-0.4, -0.2) is 56.6 Å². The number of amides is 2. The minimum atomic E-state index is -0.999. The molecule has 0 fully saturated rings. The fraction of sp³-hybridized carbons (Fsp3) is 0.417. The van der Waals surface area contributed by atoms with Crippen molar-refractivity contribution in [1.29, 1.82) is 0 Å². The normalized spacial score (nSPS) is 12.4. The van der Waals surface area contributed by atoms with E-state index in [1.807, 2.05) is 30.3 Å². The third-order valence-corrected chi connectivity index (χ3v) is 4.75. The Balaban J connectivity index is 1.83. The summed E-state index contributed by atoms with van der Waals surface area (Å²) in [5.41, 5.74) is 0.841. The highest BCUT2D eigenvalue weighted by Crippen LogP contribution is 2.36. The molecule has 3 N–H and O–H groups in total. The fourth-order valence-corrected chi connectivity index (χ4v) is 2.95. The predicted octanol–water partition coefficient (Wildman–Crippen LogP) is 2.51. The molecule has 2 aromatic carbocycles. The first-order valence-electron chi connectivity index (χ1n) is 10.6. The molecule has 180 valence electrons. The van der Waals surface area contributed by atoms with Gasteiger partial charge in [-0.25, -0.2) is 4.79 Å². The van der Waals surface area contributed by atoms with Crippen LogP contribution < -0.4 is 24.8 Å². The van der Waals surface area contributed by atoms with Crippen LogP contribution in [0.2, 0.25) is 0 Å².